The Morgan fingerprint density at radius 3 is 2.68 bits per heavy atom. The van der Waals surface area contributed by atoms with Crippen LogP contribution in [0.2, 0.25) is 0 Å². The van der Waals surface area contributed by atoms with E-state index in [-0.39, 0.29) is 11.9 Å². The van der Waals surface area contributed by atoms with Crippen molar-refractivity contribution in [2.75, 3.05) is 11.9 Å². The molecule has 0 aliphatic carbocycles. The Kier molecular flexibility index (Phi) is 7.14. The fraction of sp³-hybridized carbons (Fsp3) is 0.562. The summed E-state index contributed by atoms with van der Waals surface area (Å²) in [5.74, 6) is -0.218. The third-order valence-electron chi connectivity index (χ3n) is 3.47. The molecule has 0 aromatic heterocycles. The highest BCUT2D eigenvalue weighted by atomic mass is 79.9. The summed E-state index contributed by atoms with van der Waals surface area (Å²) in [6.07, 6.45) is 2.97. The highest BCUT2D eigenvalue weighted by molar-refractivity contribution is 9.09. The van der Waals surface area contributed by atoms with Crippen molar-refractivity contribution in [2.45, 2.75) is 46.0 Å². The molecule has 1 aromatic carbocycles. The number of carbonyl (C=O) groups is 1. The van der Waals surface area contributed by atoms with E-state index in [1.807, 2.05) is 13.0 Å². The summed E-state index contributed by atoms with van der Waals surface area (Å²) in [6, 6.07) is 6.16. The van der Waals surface area contributed by atoms with Crippen LogP contribution >= 0.6 is 15.9 Å². The molecular weight excluding hydrogens is 304 g/mol. The predicted molar refractivity (Wildman–Crippen MR) is 82.9 cm³/mol. The molecular formula is C16H23BrO2. The molecule has 0 bridgehead atoms. The largest absolute Gasteiger partial charge is 0.466 e. The average molecular weight is 327 g/mol. The van der Waals surface area contributed by atoms with Crippen molar-refractivity contribution in [3.63, 3.8) is 0 Å². The zero-order valence-corrected chi connectivity index (χ0v) is 13.6. The maximum atomic E-state index is 12.2. The Morgan fingerprint density at radius 2 is 2.05 bits per heavy atom. The molecule has 0 N–H and O–H groups in total. The maximum Gasteiger partial charge on any atom is 0.313 e. The number of hydrogen-bond donors (Lipinski definition) is 0. The predicted octanol–water partition coefficient (Wildman–Crippen LogP) is 4.52. The maximum absolute atomic E-state index is 12.2. The molecule has 3 heteroatoms. The average Bonchev–Trinajstić information content (AvgIpc) is 2.39. The number of esters is 1. The van der Waals surface area contributed by atoms with Gasteiger partial charge < -0.3 is 4.74 Å². The quantitative estimate of drug-likeness (QED) is 0.418. The standard InChI is InChI=1S/C16H23BrO2/c1-4-19-16(18)15(9-5-6-11-17)14-10-7-8-12(2)13(14)3/h7-8,10,15H,4-6,9,11H2,1-3H3. The van der Waals surface area contributed by atoms with Gasteiger partial charge in [0.15, 0.2) is 0 Å². The first-order valence-corrected chi connectivity index (χ1v) is 8.02. The molecule has 0 amide bonds. The second kappa shape index (κ2) is 8.36. The SMILES string of the molecule is CCOC(=O)C(CCCCBr)c1cccc(C)c1C. The van der Waals surface area contributed by atoms with Gasteiger partial charge in [0.05, 0.1) is 12.5 Å². The number of ether oxygens (including phenoxy) is 1. The molecule has 1 unspecified atom stereocenters. The van der Waals surface area contributed by atoms with Crippen LogP contribution in [-0.4, -0.2) is 17.9 Å². The van der Waals surface area contributed by atoms with E-state index in [1.165, 1.54) is 11.1 Å². The summed E-state index contributed by atoms with van der Waals surface area (Å²) in [6.45, 7) is 6.47. The van der Waals surface area contributed by atoms with Gasteiger partial charge in [0.1, 0.15) is 0 Å². The van der Waals surface area contributed by atoms with E-state index in [0.717, 1.165) is 30.2 Å². The van der Waals surface area contributed by atoms with Gasteiger partial charge in [-0.05, 0) is 50.3 Å². The number of rotatable bonds is 7. The smallest absolute Gasteiger partial charge is 0.313 e. The zero-order chi connectivity index (χ0) is 14.3. The lowest BCUT2D eigenvalue weighted by Crippen LogP contribution is -2.17. The third-order valence-corrected chi connectivity index (χ3v) is 4.03. The van der Waals surface area contributed by atoms with Crippen molar-refractivity contribution < 1.29 is 9.53 Å². The molecule has 1 atom stereocenters. The number of hydrogen-bond acceptors (Lipinski definition) is 2. The van der Waals surface area contributed by atoms with Gasteiger partial charge in [-0.1, -0.05) is 40.5 Å². The van der Waals surface area contributed by atoms with E-state index in [0.29, 0.717) is 6.61 Å². The van der Waals surface area contributed by atoms with Gasteiger partial charge in [-0.2, -0.15) is 0 Å². The van der Waals surface area contributed by atoms with Gasteiger partial charge in [0.25, 0.3) is 0 Å². The molecule has 0 spiro atoms. The van der Waals surface area contributed by atoms with Crippen LogP contribution in [0.3, 0.4) is 0 Å². The number of carbonyl (C=O) groups excluding carboxylic acids is 1. The van der Waals surface area contributed by atoms with Gasteiger partial charge in [0, 0.05) is 5.33 Å². The van der Waals surface area contributed by atoms with Crippen LogP contribution in [0, 0.1) is 13.8 Å². The number of halogens is 1. The Morgan fingerprint density at radius 1 is 1.32 bits per heavy atom. The fourth-order valence-electron chi connectivity index (χ4n) is 2.24. The number of alkyl halides is 1. The van der Waals surface area contributed by atoms with Crippen molar-refractivity contribution >= 4 is 21.9 Å². The van der Waals surface area contributed by atoms with Crippen molar-refractivity contribution in [1.29, 1.82) is 0 Å². The topological polar surface area (TPSA) is 26.3 Å². The van der Waals surface area contributed by atoms with E-state index in [2.05, 4.69) is 41.9 Å². The summed E-state index contributed by atoms with van der Waals surface area (Å²) in [4.78, 5) is 12.2. The van der Waals surface area contributed by atoms with Crippen LogP contribution in [0.25, 0.3) is 0 Å². The van der Waals surface area contributed by atoms with Crippen LogP contribution < -0.4 is 0 Å². The van der Waals surface area contributed by atoms with Crippen LogP contribution in [-0.2, 0) is 9.53 Å². The Hall–Kier alpha value is -0.830. The first-order valence-electron chi connectivity index (χ1n) is 6.90. The molecule has 0 saturated heterocycles. The van der Waals surface area contributed by atoms with E-state index >= 15 is 0 Å². The van der Waals surface area contributed by atoms with E-state index in [9.17, 15) is 4.79 Å². The van der Waals surface area contributed by atoms with Gasteiger partial charge in [-0.3, -0.25) is 4.79 Å². The number of unbranched alkanes of at least 4 members (excludes halogenated alkanes) is 1. The molecule has 2 nitrogen and oxygen atoms in total. The zero-order valence-electron chi connectivity index (χ0n) is 12.0. The third kappa shape index (κ3) is 4.64. The van der Waals surface area contributed by atoms with Crippen molar-refractivity contribution in [2.24, 2.45) is 0 Å². The summed E-state index contributed by atoms with van der Waals surface area (Å²) in [5.41, 5.74) is 3.56. The number of benzene rings is 1. The highest BCUT2D eigenvalue weighted by Crippen LogP contribution is 2.28. The molecule has 19 heavy (non-hydrogen) atoms. The molecule has 0 aliphatic heterocycles. The van der Waals surface area contributed by atoms with Gasteiger partial charge in [-0.25, -0.2) is 0 Å². The van der Waals surface area contributed by atoms with E-state index in [4.69, 9.17) is 4.74 Å². The fourth-order valence-corrected chi connectivity index (χ4v) is 2.63. The van der Waals surface area contributed by atoms with Crippen LogP contribution in [0.1, 0.15) is 48.8 Å². The summed E-state index contributed by atoms with van der Waals surface area (Å²) in [7, 11) is 0. The van der Waals surface area contributed by atoms with Crippen LogP contribution in [0.15, 0.2) is 18.2 Å². The molecule has 0 heterocycles. The summed E-state index contributed by atoms with van der Waals surface area (Å²) < 4.78 is 5.23. The monoisotopic (exact) mass is 326 g/mol. The van der Waals surface area contributed by atoms with Gasteiger partial charge >= 0.3 is 5.97 Å². The van der Waals surface area contributed by atoms with E-state index in [1.54, 1.807) is 0 Å². The summed E-state index contributed by atoms with van der Waals surface area (Å²) in [5, 5.41) is 0.981. The van der Waals surface area contributed by atoms with Gasteiger partial charge in [0.2, 0.25) is 0 Å². The lowest BCUT2D eigenvalue weighted by atomic mass is 9.88. The first-order chi connectivity index (χ1) is 9.11. The van der Waals surface area contributed by atoms with Crippen molar-refractivity contribution in [1.82, 2.24) is 0 Å². The Bertz CT molecular complexity index is 415. The molecule has 0 fully saturated rings. The highest BCUT2D eigenvalue weighted by Gasteiger charge is 2.23. The van der Waals surface area contributed by atoms with Crippen LogP contribution in [0.4, 0.5) is 0 Å². The Labute approximate surface area is 124 Å². The minimum atomic E-state index is -0.126. The van der Waals surface area contributed by atoms with Crippen molar-refractivity contribution in [3.8, 4) is 0 Å². The minimum Gasteiger partial charge on any atom is -0.466 e. The first kappa shape index (κ1) is 16.2. The second-order valence-electron chi connectivity index (χ2n) is 4.78. The molecule has 1 rings (SSSR count). The summed E-state index contributed by atoms with van der Waals surface area (Å²) >= 11 is 3.43. The van der Waals surface area contributed by atoms with E-state index < -0.39 is 0 Å². The molecule has 0 saturated carbocycles. The molecule has 1 aromatic rings. The second-order valence-corrected chi connectivity index (χ2v) is 5.57. The van der Waals surface area contributed by atoms with Gasteiger partial charge in [-0.15, -0.1) is 0 Å². The molecule has 0 radical (unpaired) electrons. The van der Waals surface area contributed by atoms with Crippen molar-refractivity contribution in [3.05, 3.63) is 34.9 Å². The van der Waals surface area contributed by atoms with Crippen LogP contribution in [0.5, 0.6) is 0 Å². The molecule has 106 valence electrons. The minimum absolute atomic E-state index is 0.0919. The lowest BCUT2D eigenvalue weighted by molar-refractivity contribution is -0.145. The number of aryl methyl sites for hydroxylation is 1. The normalized spacial score (nSPS) is 12.2. The molecule has 0 aliphatic rings. The Balaban J connectivity index is 2.94. The lowest BCUT2D eigenvalue weighted by Gasteiger charge is -2.19.